The van der Waals surface area contributed by atoms with Crippen LogP contribution in [0.1, 0.15) is 24.8 Å². The Morgan fingerprint density at radius 3 is 2.45 bits per heavy atom. The van der Waals surface area contributed by atoms with Crippen LogP contribution in [-0.4, -0.2) is 46.6 Å². The largest absolute Gasteiger partial charge is 0.338 e. The van der Waals surface area contributed by atoms with E-state index in [9.17, 15) is 4.79 Å². The van der Waals surface area contributed by atoms with Gasteiger partial charge in [0, 0.05) is 43.9 Å². The van der Waals surface area contributed by atoms with Crippen molar-refractivity contribution in [2.75, 3.05) is 19.6 Å². The molecule has 3 nitrogen and oxygen atoms in total. The molecule has 1 aromatic carbocycles. The fourth-order valence-corrected chi connectivity index (χ4v) is 3.63. The fourth-order valence-electron chi connectivity index (χ4n) is 3.30. The van der Waals surface area contributed by atoms with Gasteiger partial charge in [0.1, 0.15) is 0 Å². The van der Waals surface area contributed by atoms with Crippen LogP contribution in [-0.2, 0) is 11.3 Å². The number of carbonyl (C=O) groups is 1. The van der Waals surface area contributed by atoms with Crippen LogP contribution in [0, 0.1) is 0 Å². The Morgan fingerprint density at radius 1 is 1.15 bits per heavy atom. The first-order valence-electron chi connectivity index (χ1n) is 7.46. The van der Waals surface area contributed by atoms with Gasteiger partial charge >= 0.3 is 0 Å². The van der Waals surface area contributed by atoms with E-state index in [0.29, 0.717) is 18.4 Å². The number of likely N-dealkylation sites (tertiary alicyclic amines) is 2. The fraction of sp³-hybridized carbons (Fsp3) is 0.562. The first-order chi connectivity index (χ1) is 9.72. The van der Waals surface area contributed by atoms with Gasteiger partial charge in [0.25, 0.3) is 0 Å². The number of nitrogens with zero attached hydrogens (tertiary/aromatic N) is 2. The highest BCUT2D eigenvalue weighted by atomic mass is 32.1. The monoisotopic (exact) mass is 290 g/mol. The molecule has 20 heavy (non-hydrogen) atoms. The van der Waals surface area contributed by atoms with Crippen molar-refractivity contribution in [3.63, 3.8) is 0 Å². The average Bonchev–Trinajstić information content (AvgIpc) is 2.80. The third-order valence-electron chi connectivity index (χ3n) is 4.38. The molecule has 3 rings (SSSR count). The summed E-state index contributed by atoms with van der Waals surface area (Å²) < 4.78 is 0. The number of piperidine rings is 1. The van der Waals surface area contributed by atoms with Crippen LogP contribution in [0.15, 0.2) is 30.3 Å². The van der Waals surface area contributed by atoms with Crippen LogP contribution < -0.4 is 0 Å². The molecule has 1 atom stereocenters. The summed E-state index contributed by atoms with van der Waals surface area (Å²) in [7, 11) is 0. The van der Waals surface area contributed by atoms with Gasteiger partial charge in [-0.2, -0.15) is 12.6 Å². The Labute approximate surface area is 126 Å². The normalized spacial score (nSPS) is 25.4. The summed E-state index contributed by atoms with van der Waals surface area (Å²) in [6, 6.07) is 11.0. The molecular weight excluding hydrogens is 268 g/mol. The third-order valence-corrected chi connectivity index (χ3v) is 4.73. The third kappa shape index (κ3) is 3.18. The van der Waals surface area contributed by atoms with Gasteiger partial charge in [0.05, 0.1) is 0 Å². The van der Waals surface area contributed by atoms with Gasteiger partial charge in [-0.25, -0.2) is 0 Å². The van der Waals surface area contributed by atoms with E-state index >= 15 is 0 Å². The Bertz CT molecular complexity index is 457. The highest BCUT2D eigenvalue weighted by molar-refractivity contribution is 7.81. The van der Waals surface area contributed by atoms with E-state index in [1.807, 2.05) is 0 Å². The number of hydrogen-bond acceptors (Lipinski definition) is 3. The van der Waals surface area contributed by atoms with E-state index in [1.165, 1.54) is 5.56 Å². The second-order valence-corrected chi connectivity index (χ2v) is 6.63. The molecule has 0 spiro atoms. The zero-order chi connectivity index (χ0) is 13.9. The van der Waals surface area contributed by atoms with Crippen LogP contribution in [0.3, 0.4) is 0 Å². The van der Waals surface area contributed by atoms with Crippen LogP contribution in [0.2, 0.25) is 0 Å². The molecule has 0 saturated carbocycles. The maximum Gasteiger partial charge on any atom is 0.224 e. The van der Waals surface area contributed by atoms with Gasteiger partial charge < -0.3 is 4.90 Å². The number of thiol groups is 1. The maximum absolute atomic E-state index is 11.9. The lowest BCUT2D eigenvalue weighted by molar-refractivity contribution is -0.130. The second kappa shape index (κ2) is 6.19. The second-order valence-electron chi connectivity index (χ2n) is 5.90. The van der Waals surface area contributed by atoms with Gasteiger partial charge in [0.2, 0.25) is 5.91 Å². The Balaban J connectivity index is 1.51. The summed E-state index contributed by atoms with van der Waals surface area (Å²) in [5.41, 5.74) is 1.37. The topological polar surface area (TPSA) is 23.6 Å². The van der Waals surface area contributed by atoms with Crippen LogP contribution in [0.25, 0.3) is 0 Å². The van der Waals surface area contributed by atoms with Gasteiger partial charge in [0.15, 0.2) is 0 Å². The molecule has 0 aliphatic carbocycles. The first-order valence-corrected chi connectivity index (χ1v) is 7.98. The number of rotatable bonds is 3. The molecule has 0 bridgehead atoms. The molecule has 2 saturated heterocycles. The van der Waals surface area contributed by atoms with Crippen LogP contribution >= 0.6 is 12.6 Å². The van der Waals surface area contributed by atoms with Crippen molar-refractivity contribution in [2.45, 2.75) is 37.1 Å². The molecule has 0 radical (unpaired) electrons. The quantitative estimate of drug-likeness (QED) is 0.863. The van der Waals surface area contributed by atoms with Crippen molar-refractivity contribution in [1.29, 1.82) is 0 Å². The zero-order valence-corrected chi connectivity index (χ0v) is 12.6. The standard InChI is InChI=1S/C16H22N2OS/c19-16-10-15(20)12-18(16)14-6-8-17(9-7-14)11-13-4-2-1-3-5-13/h1-5,14-15,20H,6-12H2. The summed E-state index contributed by atoms with van der Waals surface area (Å²) >= 11 is 4.44. The SMILES string of the molecule is O=C1CC(S)CN1C1CCN(Cc2ccccc2)CC1. The minimum absolute atomic E-state index is 0.241. The molecule has 0 N–H and O–H groups in total. The summed E-state index contributed by atoms with van der Waals surface area (Å²) in [4.78, 5) is 16.5. The molecule has 2 heterocycles. The lowest BCUT2D eigenvalue weighted by atomic mass is 10.0. The summed E-state index contributed by atoms with van der Waals surface area (Å²) in [6.45, 7) is 4.03. The molecule has 1 amide bonds. The van der Waals surface area contributed by atoms with Gasteiger partial charge in [-0.1, -0.05) is 30.3 Å². The summed E-state index contributed by atoms with van der Waals surface area (Å²) in [6.07, 6.45) is 2.81. The van der Waals surface area contributed by atoms with Gasteiger partial charge in [-0.15, -0.1) is 0 Å². The van der Waals surface area contributed by atoms with Crippen molar-refractivity contribution < 1.29 is 4.79 Å². The van der Waals surface area contributed by atoms with Crippen LogP contribution in [0.4, 0.5) is 0 Å². The van der Waals surface area contributed by atoms with E-state index in [2.05, 4.69) is 52.8 Å². The minimum atomic E-state index is 0.241. The van der Waals surface area contributed by atoms with E-state index in [0.717, 1.165) is 39.0 Å². The van der Waals surface area contributed by atoms with Crippen LogP contribution in [0.5, 0.6) is 0 Å². The van der Waals surface area contributed by atoms with E-state index in [4.69, 9.17) is 0 Å². The average molecular weight is 290 g/mol. The molecule has 0 aromatic heterocycles. The van der Waals surface area contributed by atoms with Gasteiger partial charge in [-0.3, -0.25) is 9.69 Å². The molecular formula is C16H22N2OS. The van der Waals surface area contributed by atoms with Crippen molar-refractivity contribution in [2.24, 2.45) is 0 Å². The predicted molar refractivity (Wildman–Crippen MR) is 83.8 cm³/mol. The summed E-state index contributed by atoms with van der Waals surface area (Å²) in [5, 5.41) is 0.241. The number of benzene rings is 1. The zero-order valence-electron chi connectivity index (χ0n) is 11.7. The maximum atomic E-state index is 11.9. The van der Waals surface area contributed by atoms with Crippen molar-refractivity contribution in [3.05, 3.63) is 35.9 Å². The summed E-state index contributed by atoms with van der Waals surface area (Å²) in [5.74, 6) is 0.298. The molecule has 2 aliphatic rings. The molecule has 1 unspecified atom stereocenters. The Kier molecular flexibility index (Phi) is 4.32. The highest BCUT2D eigenvalue weighted by Crippen LogP contribution is 2.25. The molecule has 1 aromatic rings. The lowest BCUT2D eigenvalue weighted by Gasteiger charge is -2.36. The van der Waals surface area contributed by atoms with E-state index < -0.39 is 0 Å². The smallest absolute Gasteiger partial charge is 0.224 e. The number of hydrogen-bond donors (Lipinski definition) is 1. The molecule has 4 heteroatoms. The Hall–Kier alpha value is -1.00. The highest BCUT2D eigenvalue weighted by Gasteiger charge is 2.34. The molecule has 108 valence electrons. The Morgan fingerprint density at radius 2 is 1.85 bits per heavy atom. The first kappa shape index (κ1) is 14.0. The van der Waals surface area contributed by atoms with E-state index in [-0.39, 0.29) is 5.25 Å². The molecule has 2 fully saturated rings. The molecule has 2 aliphatic heterocycles. The van der Waals surface area contributed by atoms with E-state index in [1.54, 1.807) is 0 Å². The van der Waals surface area contributed by atoms with Crippen molar-refractivity contribution in [3.8, 4) is 0 Å². The van der Waals surface area contributed by atoms with Crippen molar-refractivity contribution >= 4 is 18.5 Å². The number of amides is 1. The predicted octanol–water partition coefficient (Wildman–Crippen LogP) is 2.18. The number of carbonyl (C=O) groups excluding carboxylic acids is 1. The van der Waals surface area contributed by atoms with Crippen molar-refractivity contribution in [1.82, 2.24) is 9.80 Å². The van der Waals surface area contributed by atoms with Gasteiger partial charge in [-0.05, 0) is 18.4 Å². The lowest BCUT2D eigenvalue weighted by Crippen LogP contribution is -2.45. The minimum Gasteiger partial charge on any atom is -0.338 e.